The molecule has 0 aliphatic heterocycles. The van der Waals surface area contributed by atoms with Crippen molar-refractivity contribution in [1.29, 1.82) is 0 Å². The monoisotopic (exact) mass is 465 g/mol. The number of nitroso groups, excluding NO2 is 1. The summed E-state index contributed by atoms with van der Waals surface area (Å²) in [6, 6.07) is 16.2. The van der Waals surface area contributed by atoms with Gasteiger partial charge in [-0.1, -0.05) is 64.8 Å². The van der Waals surface area contributed by atoms with Crippen molar-refractivity contribution in [1.82, 2.24) is 14.8 Å². The zero-order valence-electron chi connectivity index (χ0n) is 17.9. The average Bonchev–Trinajstić information content (AvgIpc) is 2.82. The highest BCUT2D eigenvalue weighted by molar-refractivity contribution is 6.33. The molecule has 2 aromatic carbocycles. The van der Waals surface area contributed by atoms with Crippen LogP contribution < -0.4 is 10.9 Å². The molecule has 168 valence electrons. The molecule has 0 spiro atoms. The molecule has 7 nitrogen and oxygen atoms in total. The average molecular weight is 466 g/mol. The Morgan fingerprint density at radius 3 is 2.58 bits per heavy atom. The van der Waals surface area contributed by atoms with Crippen molar-refractivity contribution in [2.45, 2.75) is 19.9 Å². The number of nitrogens with one attached hydrogen (secondary N) is 1. The summed E-state index contributed by atoms with van der Waals surface area (Å²) < 4.78 is 16.4. The molecule has 0 aliphatic carbocycles. The maximum absolute atomic E-state index is 15.1. The second kappa shape index (κ2) is 9.87. The predicted octanol–water partition coefficient (Wildman–Crippen LogP) is 5.18. The maximum atomic E-state index is 15.1. The van der Waals surface area contributed by atoms with E-state index < -0.39 is 5.95 Å². The van der Waals surface area contributed by atoms with Gasteiger partial charge in [0, 0.05) is 11.9 Å². The van der Waals surface area contributed by atoms with Gasteiger partial charge in [0.1, 0.15) is 11.5 Å². The third-order valence-corrected chi connectivity index (χ3v) is 5.51. The van der Waals surface area contributed by atoms with E-state index in [1.165, 1.54) is 10.7 Å². The van der Waals surface area contributed by atoms with E-state index in [1.807, 2.05) is 31.2 Å². The van der Waals surface area contributed by atoms with Crippen LogP contribution in [0.4, 0.5) is 10.2 Å². The van der Waals surface area contributed by atoms with Crippen LogP contribution in [0.2, 0.25) is 5.02 Å². The Hall–Kier alpha value is -3.65. The van der Waals surface area contributed by atoms with Gasteiger partial charge in [0.25, 0.3) is 5.56 Å². The zero-order chi connectivity index (χ0) is 23.4. The fourth-order valence-electron chi connectivity index (χ4n) is 3.51. The van der Waals surface area contributed by atoms with Gasteiger partial charge in [-0.2, -0.15) is 14.4 Å². The Bertz CT molecular complexity index is 1370. The molecule has 33 heavy (non-hydrogen) atoms. The second-order valence-electron chi connectivity index (χ2n) is 7.63. The van der Waals surface area contributed by atoms with Gasteiger partial charge >= 0.3 is 0 Å². The minimum absolute atomic E-state index is 0.0916. The first-order chi connectivity index (χ1) is 16.0. The molecule has 0 fully saturated rings. The Morgan fingerprint density at radius 1 is 1.12 bits per heavy atom. The molecule has 0 aliphatic rings. The highest BCUT2D eigenvalue weighted by atomic mass is 35.5. The highest BCUT2D eigenvalue weighted by Gasteiger charge is 2.18. The number of aromatic nitrogens is 3. The number of nitrogens with zero attached hydrogens (tertiary/aromatic N) is 4. The van der Waals surface area contributed by atoms with Crippen molar-refractivity contribution < 1.29 is 4.39 Å². The lowest BCUT2D eigenvalue weighted by Gasteiger charge is -2.13. The molecule has 4 aromatic rings. The van der Waals surface area contributed by atoms with E-state index >= 15 is 4.39 Å². The van der Waals surface area contributed by atoms with Crippen LogP contribution in [-0.2, 0) is 6.54 Å². The van der Waals surface area contributed by atoms with E-state index in [0.717, 1.165) is 11.1 Å². The van der Waals surface area contributed by atoms with E-state index in [9.17, 15) is 9.70 Å². The molecule has 0 amide bonds. The smallest absolute Gasteiger partial charge is 0.274 e. The lowest BCUT2D eigenvalue weighted by Crippen LogP contribution is -2.24. The van der Waals surface area contributed by atoms with E-state index in [4.69, 9.17) is 11.6 Å². The molecule has 0 radical (unpaired) electrons. The molecular formula is C24H21ClFN5O2. The van der Waals surface area contributed by atoms with Crippen LogP contribution in [0.25, 0.3) is 22.0 Å². The summed E-state index contributed by atoms with van der Waals surface area (Å²) in [4.78, 5) is 27.3. The van der Waals surface area contributed by atoms with Crippen LogP contribution in [-0.4, -0.2) is 27.9 Å². The largest absolute Gasteiger partial charge is 0.369 e. The first-order valence-electron chi connectivity index (χ1n) is 10.4. The van der Waals surface area contributed by atoms with Gasteiger partial charge in [-0.3, -0.25) is 4.79 Å². The standard InChI is InChI=1S/C24H21ClFN5O2/c1-15-7-9-16(10-8-15)14-31-24(32)18-6-3-2-5-17(18)21(30-31)19-13-20(25)23(29-22(19)26)27-11-4-12-28-33/h2-3,5-10,13H,4,11-12,14H2,1H3,(H,27,29). The summed E-state index contributed by atoms with van der Waals surface area (Å²) in [6.07, 6.45) is 0.473. The number of fused-ring (bicyclic) bond motifs is 1. The number of benzene rings is 2. The van der Waals surface area contributed by atoms with Crippen molar-refractivity contribution in [2.75, 3.05) is 18.4 Å². The fourth-order valence-corrected chi connectivity index (χ4v) is 3.73. The molecule has 0 saturated carbocycles. The molecule has 1 N–H and O–H groups in total. The van der Waals surface area contributed by atoms with Gasteiger partial charge in [0.15, 0.2) is 0 Å². The predicted molar refractivity (Wildman–Crippen MR) is 128 cm³/mol. The molecule has 0 bridgehead atoms. The quantitative estimate of drug-likeness (QED) is 0.220. The van der Waals surface area contributed by atoms with Crippen molar-refractivity contribution in [3.8, 4) is 11.3 Å². The van der Waals surface area contributed by atoms with Crippen LogP contribution in [0.5, 0.6) is 0 Å². The topological polar surface area (TPSA) is 89.2 Å². The minimum atomic E-state index is -0.770. The highest BCUT2D eigenvalue weighted by Crippen LogP contribution is 2.31. The number of halogens is 2. The van der Waals surface area contributed by atoms with Gasteiger partial charge in [-0.25, -0.2) is 9.67 Å². The van der Waals surface area contributed by atoms with Gasteiger partial charge in [-0.05, 0) is 31.0 Å². The van der Waals surface area contributed by atoms with Gasteiger partial charge in [0.05, 0.1) is 29.1 Å². The maximum Gasteiger partial charge on any atom is 0.274 e. The molecule has 0 atom stereocenters. The molecule has 2 aromatic heterocycles. The zero-order valence-corrected chi connectivity index (χ0v) is 18.6. The second-order valence-corrected chi connectivity index (χ2v) is 8.04. The van der Waals surface area contributed by atoms with Crippen LogP contribution in [0.3, 0.4) is 0 Å². The summed E-state index contributed by atoms with van der Waals surface area (Å²) in [5.74, 6) is -0.602. The van der Waals surface area contributed by atoms with Crippen molar-refractivity contribution in [2.24, 2.45) is 5.18 Å². The van der Waals surface area contributed by atoms with Crippen LogP contribution in [0, 0.1) is 17.8 Å². The number of hydrogen-bond acceptors (Lipinski definition) is 6. The van der Waals surface area contributed by atoms with E-state index in [2.05, 4.69) is 20.6 Å². The molecule has 4 rings (SSSR count). The third kappa shape index (κ3) is 4.90. The number of aryl methyl sites for hydroxylation is 1. The molecular weight excluding hydrogens is 445 g/mol. The first kappa shape index (κ1) is 22.5. The SMILES string of the molecule is Cc1ccc(Cn2nc(-c3cc(Cl)c(NCCCN=O)nc3F)c3ccccc3c2=O)cc1. The van der Waals surface area contributed by atoms with E-state index in [0.29, 0.717) is 23.7 Å². The summed E-state index contributed by atoms with van der Waals surface area (Å²) in [7, 11) is 0. The Kier molecular flexibility index (Phi) is 6.74. The molecule has 9 heteroatoms. The van der Waals surface area contributed by atoms with Crippen molar-refractivity contribution in [3.05, 3.63) is 92.0 Å². The van der Waals surface area contributed by atoms with Crippen molar-refractivity contribution in [3.63, 3.8) is 0 Å². The number of rotatable bonds is 8. The Morgan fingerprint density at radius 2 is 1.85 bits per heavy atom. The molecule has 0 saturated heterocycles. The lowest BCUT2D eigenvalue weighted by atomic mass is 10.1. The van der Waals surface area contributed by atoms with Crippen LogP contribution in [0.1, 0.15) is 17.5 Å². The number of pyridine rings is 1. The summed E-state index contributed by atoms with van der Waals surface area (Å²) in [5.41, 5.74) is 2.11. The summed E-state index contributed by atoms with van der Waals surface area (Å²) >= 11 is 6.36. The van der Waals surface area contributed by atoms with Gasteiger partial charge < -0.3 is 5.32 Å². The third-order valence-electron chi connectivity index (χ3n) is 5.22. The normalized spacial score (nSPS) is 11.0. The van der Waals surface area contributed by atoms with Gasteiger partial charge in [0.2, 0.25) is 5.95 Å². The summed E-state index contributed by atoms with van der Waals surface area (Å²) in [5, 5.41) is 11.3. The Balaban J connectivity index is 1.79. The van der Waals surface area contributed by atoms with Crippen molar-refractivity contribution >= 4 is 28.2 Å². The van der Waals surface area contributed by atoms with Gasteiger partial charge in [-0.15, -0.1) is 0 Å². The Labute approximate surface area is 194 Å². The number of anilines is 1. The van der Waals surface area contributed by atoms with E-state index in [1.54, 1.807) is 24.3 Å². The van der Waals surface area contributed by atoms with E-state index in [-0.39, 0.29) is 40.7 Å². The molecule has 2 heterocycles. The molecule has 0 unspecified atom stereocenters. The fraction of sp³-hybridized carbons (Fsp3) is 0.208. The lowest BCUT2D eigenvalue weighted by molar-refractivity contribution is 0.585. The first-order valence-corrected chi connectivity index (χ1v) is 10.8. The minimum Gasteiger partial charge on any atom is -0.369 e. The number of hydrogen-bond donors (Lipinski definition) is 1. The van der Waals surface area contributed by atoms with Crippen LogP contribution in [0.15, 0.2) is 64.6 Å². The van der Waals surface area contributed by atoms with Crippen LogP contribution >= 0.6 is 11.6 Å². The summed E-state index contributed by atoms with van der Waals surface area (Å²) in [6.45, 7) is 2.74.